The van der Waals surface area contributed by atoms with E-state index in [2.05, 4.69) is 6.07 Å². The molecule has 0 unspecified atom stereocenters. The van der Waals surface area contributed by atoms with Gasteiger partial charge in [-0.1, -0.05) is 18.2 Å². The lowest BCUT2D eigenvalue weighted by molar-refractivity contribution is -0.123. The summed E-state index contributed by atoms with van der Waals surface area (Å²) in [5.41, 5.74) is 2.32. The molecule has 2 amide bonds. The Hall–Kier alpha value is -2.04. The highest BCUT2D eigenvalue weighted by atomic mass is 16.5. The number of nitrogens with zero attached hydrogens (tertiary/aromatic N) is 2. The molecule has 5 nitrogen and oxygen atoms in total. The van der Waals surface area contributed by atoms with Crippen LogP contribution in [0.2, 0.25) is 0 Å². The molecule has 0 aliphatic carbocycles. The van der Waals surface area contributed by atoms with E-state index in [1.165, 1.54) is 12.7 Å². The number of carbonyl (C=O) groups excluding carboxylic acids is 2. The predicted molar refractivity (Wildman–Crippen MR) is 83.8 cm³/mol. The number of piperidine rings is 1. The number of fused-ring (bicyclic) bond motifs is 1. The van der Waals surface area contributed by atoms with Crippen LogP contribution in [-0.2, 0) is 16.0 Å². The monoisotopic (exact) mass is 302 g/mol. The minimum Gasteiger partial charge on any atom is -0.453 e. The molecule has 5 heteroatoms. The molecule has 1 aromatic carbocycles. The zero-order valence-electron chi connectivity index (χ0n) is 13.0. The van der Waals surface area contributed by atoms with Crippen molar-refractivity contribution in [2.75, 3.05) is 31.6 Å². The number of amides is 2. The largest absolute Gasteiger partial charge is 0.453 e. The highest BCUT2D eigenvalue weighted by Crippen LogP contribution is 2.30. The van der Waals surface area contributed by atoms with Crippen LogP contribution >= 0.6 is 0 Å². The van der Waals surface area contributed by atoms with Crippen LogP contribution < -0.4 is 4.90 Å². The Bertz CT molecular complexity index is 565. The molecule has 1 fully saturated rings. The minimum atomic E-state index is -0.297. The molecule has 1 aromatic rings. The van der Waals surface area contributed by atoms with Crippen LogP contribution in [0.3, 0.4) is 0 Å². The molecule has 2 aliphatic heterocycles. The normalized spacial score (nSPS) is 18.8. The second-order valence-electron chi connectivity index (χ2n) is 5.95. The number of benzene rings is 1. The number of hydrogen-bond donors (Lipinski definition) is 0. The molecular weight excluding hydrogens is 280 g/mol. The molecule has 118 valence electrons. The first-order valence-electron chi connectivity index (χ1n) is 7.93. The fourth-order valence-electron chi connectivity index (χ4n) is 3.42. The van der Waals surface area contributed by atoms with Gasteiger partial charge in [-0.2, -0.15) is 0 Å². The van der Waals surface area contributed by atoms with Crippen LogP contribution in [0.4, 0.5) is 10.5 Å². The van der Waals surface area contributed by atoms with Gasteiger partial charge in [-0.15, -0.1) is 0 Å². The maximum Gasteiger partial charge on any atom is 0.409 e. The topological polar surface area (TPSA) is 49.9 Å². The van der Waals surface area contributed by atoms with Crippen molar-refractivity contribution in [1.82, 2.24) is 4.90 Å². The third kappa shape index (κ3) is 2.80. The first-order valence-corrected chi connectivity index (χ1v) is 7.93. The Morgan fingerprint density at radius 2 is 1.86 bits per heavy atom. The molecular formula is C17H22N2O3. The van der Waals surface area contributed by atoms with Gasteiger partial charge in [0.1, 0.15) is 0 Å². The average Bonchev–Trinajstić information content (AvgIpc) is 2.60. The van der Waals surface area contributed by atoms with Crippen LogP contribution in [-0.4, -0.2) is 43.6 Å². The summed E-state index contributed by atoms with van der Waals surface area (Å²) in [7, 11) is 1.39. The molecule has 0 saturated carbocycles. The smallest absolute Gasteiger partial charge is 0.409 e. The minimum absolute atomic E-state index is 0.00654. The van der Waals surface area contributed by atoms with Crippen molar-refractivity contribution in [3.8, 4) is 0 Å². The summed E-state index contributed by atoms with van der Waals surface area (Å²) in [5.74, 6) is 0.212. The number of para-hydroxylation sites is 1. The lowest BCUT2D eigenvalue weighted by atomic mass is 9.93. The van der Waals surface area contributed by atoms with Crippen molar-refractivity contribution in [1.29, 1.82) is 0 Å². The van der Waals surface area contributed by atoms with E-state index in [-0.39, 0.29) is 17.9 Å². The Balaban J connectivity index is 1.67. The maximum absolute atomic E-state index is 12.9. The fourth-order valence-corrected chi connectivity index (χ4v) is 3.42. The van der Waals surface area contributed by atoms with Gasteiger partial charge in [-0.05, 0) is 37.3 Å². The quantitative estimate of drug-likeness (QED) is 0.800. The van der Waals surface area contributed by atoms with E-state index in [0.29, 0.717) is 25.9 Å². The van der Waals surface area contributed by atoms with E-state index >= 15 is 0 Å². The first kappa shape index (κ1) is 14.9. The van der Waals surface area contributed by atoms with Gasteiger partial charge in [0.2, 0.25) is 5.91 Å². The third-order valence-electron chi connectivity index (χ3n) is 4.65. The van der Waals surface area contributed by atoms with Crippen LogP contribution in [0.5, 0.6) is 0 Å². The van der Waals surface area contributed by atoms with Crippen LogP contribution in [0.1, 0.15) is 24.8 Å². The Morgan fingerprint density at radius 1 is 1.14 bits per heavy atom. The van der Waals surface area contributed by atoms with Crippen molar-refractivity contribution in [3.63, 3.8) is 0 Å². The van der Waals surface area contributed by atoms with Gasteiger partial charge >= 0.3 is 6.09 Å². The summed E-state index contributed by atoms with van der Waals surface area (Å²) in [6.07, 6.45) is 3.19. The van der Waals surface area contributed by atoms with Crippen LogP contribution in [0, 0.1) is 5.92 Å². The van der Waals surface area contributed by atoms with E-state index in [1.54, 1.807) is 4.90 Å². The molecule has 0 radical (unpaired) electrons. The van der Waals surface area contributed by atoms with Crippen molar-refractivity contribution in [3.05, 3.63) is 29.8 Å². The molecule has 0 bridgehead atoms. The third-order valence-corrected chi connectivity index (χ3v) is 4.65. The highest BCUT2D eigenvalue weighted by Gasteiger charge is 2.32. The van der Waals surface area contributed by atoms with Gasteiger partial charge in [0, 0.05) is 31.2 Å². The van der Waals surface area contributed by atoms with Gasteiger partial charge in [-0.3, -0.25) is 4.79 Å². The Kier molecular flexibility index (Phi) is 4.32. The Labute approximate surface area is 130 Å². The lowest BCUT2D eigenvalue weighted by Gasteiger charge is -2.35. The molecule has 0 N–H and O–H groups in total. The molecule has 2 aliphatic rings. The molecule has 3 rings (SSSR count). The van der Waals surface area contributed by atoms with Crippen molar-refractivity contribution in [2.45, 2.75) is 25.7 Å². The number of carbonyl (C=O) groups is 2. The summed E-state index contributed by atoms with van der Waals surface area (Å²) in [6.45, 7) is 1.99. The summed E-state index contributed by atoms with van der Waals surface area (Å²) in [5, 5.41) is 0. The number of anilines is 1. The van der Waals surface area contributed by atoms with Gasteiger partial charge in [0.05, 0.1) is 7.11 Å². The Morgan fingerprint density at radius 3 is 2.59 bits per heavy atom. The van der Waals surface area contributed by atoms with Crippen molar-refractivity contribution in [2.24, 2.45) is 5.92 Å². The van der Waals surface area contributed by atoms with Gasteiger partial charge in [0.15, 0.2) is 0 Å². The number of methoxy groups -OCH3 is 1. The zero-order valence-corrected chi connectivity index (χ0v) is 13.0. The number of ether oxygens (including phenoxy) is 1. The molecule has 1 saturated heterocycles. The number of aryl methyl sites for hydroxylation is 1. The van der Waals surface area contributed by atoms with Gasteiger partial charge in [0.25, 0.3) is 0 Å². The van der Waals surface area contributed by atoms with Crippen LogP contribution in [0.25, 0.3) is 0 Å². The van der Waals surface area contributed by atoms with Crippen molar-refractivity contribution >= 4 is 17.7 Å². The second-order valence-corrected chi connectivity index (χ2v) is 5.95. The number of hydrogen-bond acceptors (Lipinski definition) is 3. The fraction of sp³-hybridized carbons (Fsp3) is 0.529. The maximum atomic E-state index is 12.9. The van der Waals surface area contributed by atoms with E-state index in [4.69, 9.17) is 4.74 Å². The summed E-state index contributed by atoms with van der Waals surface area (Å²) in [6, 6.07) is 8.16. The molecule has 0 atom stereocenters. The van der Waals surface area contributed by atoms with E-state index in [0.717, 1.165) is 25.1 Å². The summed E-state index contributed by atoms with van der Waals surface area (Å²) in [4.78, 5) is 28.0. The highest BCUT2D eigenvalue weighted by molar-refractivity contribution is 5.96. The van der Waals surface area contributed by atoms with E-state index in [1.807, 2.05) is 23.1 Å². The molecule has 0 spiro atoms. The lowest BCUT2D eigenvalue weighted by Crippen LogP contribution is -2.45. The SMILES string of the molecule is COC(=O)N1CCC(C(=O)N2CCCc3ccccc32)CC1. The second kappa shape index (κ2) is 6.38. The number of rotatable bonds is 1. The first-order chi connectivity index (χ1) is 10.7. The molecule has 2 heterocycles. The predicted octanol–water partition coefficient (Wildman–Crippen LogP) is 2.44. The van der Waals surface area contributed by atoms with Gasteiger partial charge in [-0.25, -0.2) is 4.79 Å². The van der Waals surface area contributed by atoms with E-state index in [9.17, 15) is 9.59 Å². The standard InChI is InChI=1S/C17H22N2O3/c1-22-17(21)18-11-8-14(9-12-18)16(20)19-10-4-6-13-5-2-3-7-15(13)19/h2-3,5,7,14H,4,6,8-12H2,1H3. The molecule has 0 aromatic heterocycles. The van der Waals surface area contributed by atoms with Crippen molar-refractivity contribution < 1.29 is 14.3 Å². The average molecular weight is 302 g/mol. The number of likely N-dealkylation sites (tertiary alicyclic amines) is 1. The van der Waals surface area contributed by atoms with Gasteiger partial charge < -0.3 is 14.5 Å². The zero-order chi connectivity index (χ0) is 15.5. The summed E-state index contributed by atoms with van der Waals surface area (Å²) < 4.78 is 4.74. The van der Waals surface area contributed by atoms with Crippen LogP contribution in [0.15, 0.2) is 24.3 Å². The van der Waals surface area contributed by atoms with E-state index < -0.39 is 0 Å². The molecule has 22 heavy (non-hydrogen) atoms. The summed E-state index contributed by atoms with van der Waals surface area (Å²) >= 11 is 0.